The molecule has 0 radical (unpaired) electrons. The maximum absolute atomic E-state index is 10.2. The first kappa shape index (κ1) is 39.4. The van der Waals surface area contributed by atoms with Gasteiger partial charge in [0.05, 0.1) is 54.9 Å². The molecule has 9 atom stereocenters. The lowest BCUT2D eigenvalue weighted by molar-refractivity contribution is 0.0352. The number of hydrogen-bond acceptors (Lipinski definition) is 10. The van der Waals surface area contributed by atoms with E-state index in [0.29, 0.717) is 45.1 Å². The van der Waals surface area contributed by atoms with Gasteiger partial charge < -0.3 is 57.4 Å². The van der Waals surface area contributed by atoms with Crippen LogP contribution in [-0.4, -0.2) is 113 Å². The summed E-state index contributed by atoms with van der Waals surface area (Å²) < 4.78 is 0. The van der Waals surface area contributed by atoms with Crippen LogP contribution in [0.15, 0.2) is 29.3 Å². The summed E-state index contributed by atoms with van der Waals surface area (Å²) in [5.74, 6) is -0.00131. The van der Waals surface area contributed by atoms with Crippen LogP contribution in [0.4, 0.5) is 0 Å². The lowest BCUT2D eigenvalue weighted by atomic mass is 9.98. The molecular formula is C29H57N3O9. The zero-order valence-corrected chi connectivity index (χ0v) is 24.5. The van der Waals surface area contributed by atoms with Gasteiger partial charge >= 0.3 is 0 Å². The monoisotopic (exact) mass is 591 g/mol. The van der Waals surface area contributed by atoms with Gasteiger partial charge in [-0.2, -0.15) is 0 Å². The number of rotatable bonds is 25. The molecule has 9 unspecified atom stereocenters. The molecular weight excluding hydrogens is 534 g/mol. The van der Waals surface area contributed by atoms with Gasteiger partial charge in [0.25, 0.3) is 0 Å². The Bertz CT molecular complexity index is 722. The summed E-state index contributed by atoms with van der Waals surface area (Å²) in [6.07, 6.45) is 3.12. The van der Waals surface area contributed by atoms with E-state index >= 15 is 0 Å². The second kappa shape index (κ2) is 23.9. The Morgan fingerprint density at radius 3 is 1.46 bits per heavy atom. The summed E-state index contributed by atoms with van der Waals surface area (Å²) in [6, 6.07) is 0. The number of aliphatic hydroxyl groups excluding tert-OH is 9. The fourth-order valence-electron chi connectivity index (χ4n) is 4.38. The molecule has 0 aromatic carbocycles. The lowest BCUT2D eigenvalue weighted by Gasteiger charge is -2.19. The Kier molecular flexibility index (Phi) is 23.0. The largest absolute Gasteiger partial charge is 0.393 e. The number of aliphatic hydroxyl groups is 9. The molecule has 0 aliphatic rings. The molecule has 0 saturated carbocycles. The van der Waals surface area contributed by atoms with Crippen molar-refractivity contribution in [3.8, 4) is 0 Å². The van der Waals surface area contributed by atoms with Crippen molar-refractivity contribution >= 4 is 5.96 Å². The topological polar surface area (TPSA) is 246 Å². The van der Waals surface area contributed by atoms with Crippen molar-refractivity contribution in [2.75, 3.05) is 6.54 Å². The lowest BCUT2D eigenvalue weighted by Crippen LogP contribution is -2.23. The van der Waals surface area contributed by atoms with Crippen molar-refractivity contribution in [2.24, 2.45) is 16.5 Å². The molecule has 0 aromatic heterocycles. The van der Waals surface area contributed by atoms with Gasteiger partial charge in [-0.1, -0.05) is 31.2 Å². The Balaban J connectivity index is 4.07. The molecule has 0 fully saturated rings. The SMILES string of the molecule is CCC(O)CC(O)C=CCC(O)CC(O)CC(O)CCCC(O)CC(O)C=CCC(O)CC(O)CCCN=C(N)N. The van der Waals surface area contributed by atoms with E-state index in [2.05, 4.69) is 4.99 Å². The van der Waals surface area contributed by atoms with Crippen LogP contribution in [-0.2, 0) is 0 Å². The first-order chi connectivity index (χ1) is 19.3. The van der Waals surface area contributed by atoms with E-state index in [4.69, 9.17) is 11.5 Å². The third kappa shape index (κ3) is 24.7. The molecule has 0 saturated heterocycles. The third-order valence-electron chi connectivity index (χ3n) is 6.73. The van der Waals surface area contributed by atoms with Crippen LogP contribution in [0.25, 0.3) is 0 Å². The van der Waals surface area contributed by atoms with E-state index in [1.54, 1.807) is 12.2 Å². The number of aliphatic imine (C=N–C) groups is 1. The highest BCUT2D eigenvalue weighted by Gasteiger charge is 2.17. The summed E-state index contributed by atoms with van der Waals surface area (Å²) >= 11 is 0. The van der Waals surface area contributed by atoms with Gasteiger partial charge in [-0.05, 0) is 70.6 Å². The predicted molar refractivity (Wildman–Crippen MR) is 159 cm³/mol. The Hall–Kier alpha value is -1.61. The van der Waals surface area contributed by atoms with Crippen LogP contribution in [0.1, 0.15) is 90.4 Å². The standard InChI is InChI=1S/C29H57N3O9/c1-2-20(33)15-21(34)7-3-11-25(38)18-28(41)19-26(39)12-5-10-23(36)16-22(35)8-4-9-24(37)17-27(40)13-6-14-32-29(30)31/h3-4,7-8,20-28,33-41H,2,5-6,9-19H2,1H3,(H4,30,31,32). The van der Waals surface area contributed by atoms with Gasteiger partial charge in [0.2, 0.25) is 0 Å². The highest BCUT2D eigenvalue weighted by molar-refractivity contribution is 5.75. The Morgan fingerprint density at radius 1 is 0.561 bits per heavy atom. The van der Waals surface area contributed by atoms with Crippen LogP contribution in [0.2, 0.25) is 0 Å². The van der Waals surface area contributed by atoms with Crippen molar-refractivity contribution in [1.29, 1.82) is 0 Å². The van der Waals surface area contributed by atoms with Crippen molar-refractivity contribution in [2.45, 2.75) is 145 Å². The molecule has 0 amide bonds. The van der Waals surface area contributed by atoms with E-state index in [9.17, 15) is 46.0 Å². The molecule has 41 heavy (non-hydrogen) atoms. The summed E-state index contributed by atoms with van der Waals surface area (Å²) in [5, 5.41) is 90.0. The predicted octanol–water partition coefficient (Wildman–Crippen LogP) is -0.288. The van der Waals surface area contributed by atoms with Crippen LogP contribution in [0, 0.1) is 0 Å². The fraction of sp³-hybridized carbons (Fsp3) is 0.828. The molecule has 0 rings (SSSR count). The second-order valence-corrected chi connectivity index (χ2v) is 11.0. The molecule has 0 aliphatic carbocycles. The zero-order chi connectivity index (χ0) is 31.2. The van der Waals surface area contributed by atoms with Gasteiger partial charge in [0.1, 0.15) is 0 Å². The summed E-state index contributed by atoms with van der Waals surface area (Å²) in [4.78, 5) is 3.83. The number of hydrogen-bond donors (Lipinski definition) is 11. The Morgan fingerprint density at radius 2 is 0.976 bits per heavy atom. The van der Waals surface area contributed by atoms with E-state index in [1.165, 1.54) is 12.2 Å². The van der Waals surface area contributed by atoms with Crippen LogP contribution in [0.3, 0.4) is 0 Å². The first-order valence-electron chi connectivity index (χ1n) is 14.8. The van der Waals surface area contributed by atoms with Gasteiger partial charge in [-0.25, -0.2) is 0 Å². The number of nitrogens with zero attached hydrogens (tertiary/aromatic N) is 1. The summed E-state index contributed by atoms with van der Waals surface area (Å²) in [7, 11) is 0. The van der Waals surface area contributed by atoms with Gasteiger partial charge in [-0.15, -0.1) is 0 Å². The van der Waals surface area contributed by atoms with Crippen LogP contribution in [0.5, 0.6) is 0 Å². The molecule has 0 bridgehead atoms. The van der Waals surface area contributed by atoms with Crippen molar-refractivity contribution in [3.63, 3.8) is 0 Å². The van der Waals surface area contributed by atoms with E-state index in [-0.39, 0.29) is 50.9 Å². The minimum Gasteiger partial charge on any atom is -0.393 e. The second-order valence-electron chi connectivity index (χ2n) is 11.0. The first-order valence-corrected chi connectivity index (χ1v) is 14.8. The summed E-state index contributed by atoms with van der Waals surface area (Å²) in [6.45, 7) is 2.23. The van der Waals surface area contributed by atoms with Crippen molar-refractivity contribution < 1.29 is 46.0 Å². The minimum absolute atomic E-state index is 0.00131. The molecule has 0 aliphatic heterocycles. The maximum Gasteiger partial charge on any atom is 0.185 e. The highest BCUT2D eigenvalue weighted by Crippen LogP contribution is 2.16. The maximum atomic E-state index is 10.2. The van der Waals surface area contributed by atoms with Crippen molar-refractivity contribution in [3.05, 3.63) is 24.3 Å². The normalized spacial score (nSPS) is 19.0. The molecule has 0 spiro atoms. The van der Waals surface area contributed by atoms with E-state index in [1.807, 2.05) is 6.92 Å². The fourth-order valence-corrected chi connectivity index (χ4v) is 4.38. The summed E-state index contributed by atoms with van der Waals surface area (Å²) in [5.41, 5.74) is 10.5. The smallest absolute Gasteiger partial charge is 0.185 e. The quantitative estimate of drug-likeness (QED) is 0.0285. The van der Waals surface area contributed by atoms with E-state index < -0.39 is 54.9 Å². The van der Waals surface area contributed by atoms with Crippen LogP contribution < -0.4 is 11.5 Å². The number of nitrogens with two attached hydrogens (primary N) is 2. The van der Waals surface area contributed by atoms with Gasteiger partial charge in [0, 0.05) is 19.4 Å². The minimum atomic E-state index is -0.904. The molecule has 0 aromatic rings. The molecule has 13 N–H and O–H groups in total. The van der Waals surface area contributed by atoms with Crippen molar-refractivity contribution in [1.82, 2.24) is 0 Å². The average Bonchev–Trinajstić information content (AvgIpc) is 2.86. The molecule has 12 nitrogen and oxygen atoms in total. The Labute approximate surface area is 244 Å². The average molecular weight is 592 g/mol. The third-order valence-corrected chi connectivity index (χ3v) is 6.73. The van der Waals surface area contributed by atoms with Gasteiger partial charge in [0.15, 0.2) is 5.96 Å². The van der Waals surface area contributed by atoms with Crippen LogP contribution >= 0.6 is 0 Å². The molecule has 12 heteroatoms. The zero-order valence-electron chi connectivity index (χ0n) is 24.5. The molecule has 0 heterocycles. The van der Waals surface area contributed by atoms with Gasteiger partial charge in [-0.3, -0.25) is 4.99 Å². The highest BCUT2D eigenvalue weighted by atomic mass is 16.3. The molecule has 242 valence electrons. The number of guanidine groups is 1. The van der Waals surface area contributed by atoms with E-state index in [0.717, 1.165) is 0 Å².